The summed E-state index contributed by atoms with van der Waals surface area (Å²) in [6.07, 6.45) is -1.14. The molecule has 1 rings (SSSR count). The summed E-state index contributed by atoms with van der Waals surface area (Å²) in [5.41, 5.74) is 0. The van der Waals surface area contributed by atoms with E-state index in [2.05, 4.69) is 0 Å². The van der Waals surface area contributed by atoms with Crippen LogP contribution in [0.25, 0.3) is 0 Å². The molecule has 0 bridgehead atoms. The van der Waals surface area contributed by atoms with Crippen molar-refractivity contribution in [3.8, 4) is 0 Å². The highest BCUT2D eigenvalue weighted by molar-refractivity contribution is 5.76. The smallest absolute Gasteiger partial charge is 0.309 e. The summed E-state index contributed by atoms with van der Waals surface area (Å²) < 4.78 is 21.4. The molecule has 1 heterocycles. The molecule has 160 valence electrons. The zero-order chi connectivity index (χ0) is 21.1. The number of rotatable bonds is 4. The molecule has 0 spiro atoms. The van der Waals surface area contributed by atoms with E-state index in [1.54, 1.807) is 27.7 Å². The van der Waals surface area contributed by atoms with Gasteiger partial charge in [-0.1, -0.05) is 27.7 Å². The van der Waals surface area contributed by atoms with E-state index in [-0.39, 0.29) is 25.7 Å². The van der Waals surface area contributed by atoms with Gasteiger partial charge in [0.05, 0.1) is 25.7 Å². The van der Waals surface area contributed by atoms with Crippen LogP contribution in [0.4, 0.5) is 0 Å². The highest BCUT2D eigenvalue weighted by Crippen LogP contribution is 2.16. The molecule has 0 aromatic heterocycles. The molecule has 0 radical (unpaired) electrons. The molecule has 1 fully saturated rings. The van der Waals surface area contributed by atoms with Crippen molar-refractivity contribution in [2.24, 2.45) is 0 Å². The van der Waals surface area contributed by atoms with Crippen LogP contribution >= 0.6 is 0 Å². The zero-order valence-corrected chi connectivity index (χ0v) is 17.2. The second-order valence-corrected chi connectivity index (χ2v) is 6.90. The van der Waals surface area contributed by atoms with Crippen molar-refractivity contribution in [3.05, 3.63) is 0 Å². The van der Waals surface area contributed by atoms with Crippen molar-refractivity contribution in [2.45, 2.75) is 103 Å². The second kappa shape index (κ2) is 12.4. The fraction of sp³-hybridized carbons (Fsp3) is 0.800. The van der Waals surface area contributed by atoms with Gasteiger partial charge in [0, 0.05) is 0 Å². The van der Waals surface area contributed by atoms with E-state index in [9.17, 15) is 19.2 Å². The lowest BCUT2D eigenvalue weighted by atomic mass is 10.1. The molecule has 1 aliphatic rings. The quantitative estimate of drug-likeness (QED) is 0.524. The standard InChI is InChI=1S/C20H32O8/c1-5-13-9-17(21)26-15(7-3)11-19(23)28-16(8-4)12-20(24)27-14(6-2)10-18(22)25-13/h13-16H,5-12H2,1-4H3/t13-,14-,15?,16?/m1/s1. The number of ether oxygens (including phenoxy) is 4. The Labute approximate surface area is 166 Å². The molecule has 0 saturated carbocycles. The molecule has 0 aliphatic carbocycles. The van der Waals surface area contributed by atoms with Gasteiger partial charge >= 0.3 is 23.9 Å². The normalized spacial score (nSPS) is 28.7. The van der Waals surface area contributed by atoms with Crippen LogP contribution in [0.5, 0.6) is 0 Å². The summed E-state index contributed by atoms with van der Waals surface area (Å²) in [6, 6.07) is 0. The van der Waals surface area contributed by atoms with Gasteiger partial charge in [0.25, 0.3) is 0 Å². The van der Waals surface area contributed by atoms with Crippen LogP contribution in [0, 0.1) is 0 Å². The molecule has 0 N–H and O–H groups in total. The Morgan fingerprint density at radius 3 is 0.821 bits per heavy atom. The number of cyclic esters (lactones) is 4. The Morgan fingerprint density at radius 1 is 0.500 bits per heavy atom. The Balaban J connectivity index is 2.95. The summed E-state index contributed by atoms with van der Waals surface area (Å²) in [5, 5.41) is 0. The molecule has 0 amide bonds. The third-order valence-electron chi connectivity index (χ3n) is 4.59. The van der Waals surface area contributed by atoms with Gasteiger partial charge in [-0.15, -0.1) is 0 Å². The minimum Gasteiger partial charge on any atom is -0.462 e. The maximum atomic E-state index is 12.2. The minimum absolute atomic E-state index is 0.0953. The second-order valence-electron chi connectivity index (χ2n) is 6.90. The molecule has 1 saturated heterocycles. The largest absolute Gasteiger partial charge is 0.462 e. The van der Waals surface area contributed by atoms with Crippen LogP contribution in [0.2, 0.25) is 0 Å². The van der Waals surface area contributed by atoms with Crippen LogP contribution in [-0.4, -0.2) is 48.3 Å². The predicted molar refractivity (Wildman–Crippen MR) is 99.2 cm³/mol. The molecule has 4 atom stereocenters. The van der Waals surface area contributed by atoms with Crippen molar-refractivity contribution in [1.29, 1.82) is 0 Å². The first-order chi connectivity index (χ1) is 13.3. The molecule has 8 heteroatoms. The van der Waals surface area contributed by atoms with E-state index in [0.29, 0.717) is 25.7 Å². The van der Waals surface area contributed by atoms with Crippen molar-refractivity contribution in [1.82, 2.24) is 0 Å². The van der Waals surface area contributed by atoms with Gasteiger partial charge in [0.15, 0.2) is 0 Å². The first-order valence-electron chi connectivity index (χ1n) is 10.1. The Bertz CT molecular complexity index is 416. The van der Waals surface area contributed by atoms with Gasteiger partial charge in [-0.2, -0.15) is 0 Å². The predicted octanol–water partition coefficient (Wildman–Crippen LogP) is 2.85. The molecule has 2 unspecified atom stereocenters. The van der Waals surface area contributed by atoms with E-state index in [0.717, 1.165) is 0 Å². The van der Waals surface area contributed by atoms with Gasteiger partial charge in [0.2, 0.25) is 0 Å². The van der Waals surface area contributed by atoms with Crippen LogP contribution in [-0.2, 0) is 38.1 Å². The summed E-state index contributed by atoms with van der Waals surface area (Å²) in [4.78, 5) is 48.7. The lowest BCUT2D eigenvalue weighted by Crippen LogP contribution is -2.31. The molecule has 0 aromatic rings. The molecular formula is C20H32O8. The lowest BCUT2D eigenvalue weighted by molar-refractivity contribution is -0.166. The highest BCUT2D eigenvalue weighted by atomic mass is 16.6. The Morgan fingerprint density at radius 2 is 0.679 bits per heavy atom. The number of carbonyl (C=O) groups is 4. The zero-order valence-electron chi connectivity index (χ0n) is 17.2. The molecule has 8 nitrogen and oxygen atoms in total. The Kier molecular flexibility index (Phi) is 10.6. The first-order valence-corrected chi connectivity index (χ1v) is 10.1. The minimum atomic E-state index is -0.630. The average molecular weight is 400 g/mol. The molecule has 1 aliphatic heterocycles. The summed E-state index contributed by atoms with van der Waals surface area (Å²) >= 11 is 0. The van der Waals surface area contributed by atoms with Gasteiger partial charge in [0.1, 0.15) is 24.4 Å². The third-order valence-corrected chi connectivity index (χ3v) is 4.59. The van der Waals surface area contributed by atoms with E-state index in [1.165, 1.54) is 0 Å². The van der Waals surface area contributed by atoms with Gasteiger partial charge < -0.3 is 18.9 Å². The molecular weight excluding hydrogens is 368 g/mol. The molecule has 0 aromatic carbocycles. The Hall–Kier alpha value is -2.12. The fourth-order valence-electron chi connectivity index (χ4n) is 2.76. The summed E-state index contributed by atoms with van der Waals surface area (Å²) in [5.74, 6) is -2.12. The number of hydrogen-bond acceptors (Lipinski definition) is 8. The van der Waals surface area contributed by atoms with Gasteiger partial charge in [-0.05, 0) is 25.7 Å². The maximum Gasteiger partial charge on any atom is 0.309 e. The third kappa shape index (κ3) is 8.71. The van der Waals surface area contributed by atoms with Crippen molar-refractivity contribution in [3.63, 3.8) is 0 Å². The monoisotopic (exact) mass is 400 g/mol. The topological polar surface area (TPSA) is 105 Å². The summed E-state index contributed by atoms with van der Waals surface area (Å²) in [7, 11) is 0. The van der Waals surface area contributed by atoms with Crippen LogP contribution in [0.15, 0.2) is 0 Å². The molecule has 28 heavy (non-hydrogen) atoms. The maximum absolute atomic E-state index is 12.2. The highest BCUT2D eigenvalue weighted by Gasteiger charge is 2.27. The first kappa shape index (κ1) is 23.9. The number of carbonyl (C=O) groups excluding carboxylic acids is 4. The fourth-order valence-corrected chi connectivity index (χ4v) is 2.76. The van der Waals surface area contributed by atoms with Crippen LogP contribution < -0.4 is 0 Å². The van der Waals surface area contributed by atoms with Gasteiger partial charge in [-0.25, -0.2) is 0 Å². The van der Waals surface area contributed by atoms with Crippen molar-refractivity contribution < 1.29 is 38.1 Å². The van der Waals surface area contributed by atoms with E-state index in [1.807, 2.05) is 0 Å². The lowest BCUT2D eigenvalue weighted by Gasteiger charge is -2.23. The van der Waals surface area contributed by atoms with E-state index >= 15 is 0 Å². The van der Waals surface area contributed by atoms with Crippen LogP contribution in [0.1, 0.15) is 79.1 Å². The number of hydrogen-bond donors (Lipinski definition) is 0. The van der Waals surface area contributed by atoms with E-state index in [4.69, 9.17) is 18.9 Å². The average Bonchev–Trinajstić information content (AvgIpc) is 2.64. The van der Waals surface area contributed by atoms with Crippen molar-refractivity contribution in [2.75, 3.05) is 0 Å². The summed E-state index contributed by atoms with van der Waals surface area (Å²) in [6.45, 7) is 7.17. The SMILES string of the molecule is CCC1CC(=O)OC(CC)CC(=O)O[C@H](CC)CC(=O)O[C@H](CC)CC(=O)O1. The van der Waals surface area contributed by atoms with Gasteiger partial charge in [-0.3, -0.25) is 19.2 Å². The van der Waals surface area contributed by atoms with Crippen molar-refractivity contribution >= 4 is 23.9 Å². The van der Waals surface area contributed by atoms with E-state index < -0.39 is 48.3 Å². The number of esters is 4. The van der Waals surface area contributed by atoms with Crippen LogP contribution in [0.3, 0.4) is 0 Å².